The molecule has 3 nitrogen and oxygen atoms in total. The van der Waals surface area contributed by atoms with E-state index in [9.17, 15) is 0 Å². The van der Waals surface area contributed by atoms with Crippen molar-refractivity contribution in [1.82, 2.24) is 10.2 Å². The van der Waals surface area contributed by atoms with Gasteiger partial charge in [-0.3, -0.25) is 0 Å². The molecule has 2 heterocycles. The third kappa shape index (κ3) is 2.06. The van der Waals surface area contributed by atoms with Crippen LogP contribution < -0.4 is 5.32 Å². The molecule has 0 radical (unpaired) electrons. The highest BCUT2D eigenvalue weighted by Gasteiger charge is 2.44. The second-order valence-corrected chi connectivity index (χ2v) is 6.73. The Kier molecular flexibility index (Phi) is 3.44. The number of nitrogens with zero attached hydrogens (tertiary/aromatic N) is 2. The third-order valence-corrected chi connectivity index (χ3v) is 5.48. The Balaban J connectivity index is 1.80. The van der Waals surface area contributed by atoms with Crippen molar-refractivity contribution in [3.63, 3.8) is 0 Å². The van der Waals surface area contributed by atoms with Gasteiger partial charge in [-0.2, -0.15) is 0 Å². The topological polar surface area (TPSA) is 27.6 Å². The minimum atomic E-state index is 0.351. The summed E-state index contributed by atoms with van der Waals surface area (Å²) in [5, 5.41) is 3.63. The molecule has 4 rings (SSSR count). The highest BCUT2D eigenvalue weighted by molar-refractivity contribution is 5.86. The van der Waals surface area contributed by atoms with Crippen molar-refractivity contribution in [2.24, 2.45) is 4.99 Å². The Morgan fingerprint density at radius 1 is 1.18 bits per heavy atom. The Morgan fingerprint density at radius 2 is 1.95 bits per heavy atom. The molecule has 0 aromatic heterocycles. The maximum Gasteiger partial charge on any atom is 0.199 e. The Labute approximate surface area is 133 Å². The molecule has 1 aliphatic carbocycles. The van der Waals surface area contributed by atoms with E-state index in [2.05, 4.69) is 54.4 Å². The molecule has 0 unspecified atom stereocenters. The first-order valence-electron chi connectivity index (χ1n) is 8.67. The fourth-order valence-corrected chi connectivity index (χ4v) is 4.38. The maximum atomic E-state index is 5.04. The number of hydrogen-bond donors (Lipinski definition) is 1. The van der Waals surface area contributed by atoms with E-state index in [0.29, 0.717) is 18.1 Å². The summed E-state index contributed by atoms with van der Waals surface area (Å²) in [6.45, 7) is 4.52. The van der Waals surface area contributed by atoms with Crippen molar-refractivity contribution in [1.29, 1.82) is 0 Å². The zero-order chi connectivity index (χ0) is 15.1. The second kappa shape index (κ2) is 5.45. The number of hydrogen-bond acceptors (Lipinski definition) is 3. The van der Waals surface area contributed by atoms with Crippen LogP contribution in [0.3, 0.4) is 0 Å². The van der Waals surface area contributed by atoms with Gasteiger partial charge in [0.1, 0.15) is 0 Å². The molecule has 1 N–H and O–H groups in total. The summed E-state index contributed by atoms with van der Waals surface area (Å²) in [6, 6.07) is 12.4. The number of benzene rings is 1. The Morgan fingerprint density at radius 3 is 2.73 bits per heavy atom. The Hall–Kier alpha value is -1.77. The van der Waals surface area contributed by atoms with Crippen LogP contribution in [0.15, 0.2) is 46.6 Å². The number of fused-ring (bicyclic) bond motifs is 3. The number of aliphatic imine (C=N–C) groups is 1. The summed E-state index contributed by atoms with van der Waals surface area (Å²) in [7, 11) is 0. The van der Waals surface area contributed by atoms with E-state index in [1.54, 1.807) is 0 Å². The van der Waals surface area contributed by atoms with Gasteiger partial charge in [0.15, 0.2) is 5.96 Å². The average molecular weight is 295 g/mol. The fourth-order valence-electron chi connectivity index (χ4n) is 4.38. The molecule has 2 aliphatic heterocycles. The number of rotatable bonds is 2. The van der Waals surface area contributed by atoms with Gasteiger partial charge in [0.05, 0.1) is 18.1 Å². The number of guanidine groups is 1. The van der Waals surface area contributed by atoms with Crippen LogP contribution in [-0.2, 0) is 0 Å². The summed E-state index contributed by atoms with van der Waals surface area (Å²) >= 11 is 0. The van der Waals surface area contributed by atoms with Crippen molar-refractivity contribution >= 4 is 5.96 Å². The molecular formula is C19H25N3. The number of nitrogens with one attached hydrogen (secondary N) is 1. The molecule has 3 atom stereocenters. The van der Waals surface area contributed by atoms with Crippen molar-refractivity contribution in [3.05, 3.63) is 47.2 Å². The summed E-state index contributed by atoms with van der Waals surface area (Å²) in [5.74, 6) is 1.12. The summed E-state index contributed by atoms with van der Waals surface area (Å²) in [4.78, 5) is 7.61. The summed E-state index contributed by atoms with van der Waals surface area (Å²) < 4.78 is 0. The summed E-state index contributed by atoms with van der Waals surface area (Å²) in [5.41, 5.74) is 4.20. The largest absolute Gasteiger partial charge is 0.330 e. The predicted octanol–water partition coefficient (Wildman–Crippen LogP) is 4.00. The van der Waals surface area contributed by atoms with E-state index in [0.717, 1.165) is 12.4 Å². The fraction of sp³-hybridized carbons (Fsp3) is 0.526. The zero-order valence-electron chi connectivity index (χ0n) is 13.5. The van der Waals surface area contributed by atoms with Crippen LogP contribution in [0.5, 0.6) is 0 Å². The van der Waals surface area contributed by atoms with Crippen LogP contribution in [0.2, 0.25) is 0 Å². The first-order valence-corrected chi connectivity index (χ1v) is 8.67. The van der Waals surface area contributed by atoms with Crippen molar-refractivity contribution < 1.29 is 0 Å². The van der Waals surface area contributed by atoms with E-state index in [1.165, 1.54) is 42.5 Å². The van der Waals surface area contributed by atoms with E-state index in [1.807, 2.05) is 0 Å². The van der Waals surface area contributed by atoms with Gasteiger partial charge in [-0.1, -0.05) is 50.1 Å². The quantitative estimate of drug-likeness (QED) is 0.893. The van der Waals surface area contributed by atoms with Gasteiger partial charge in [0.2, 0.25) is 0 Å². The van der Waals surface area contributed by atoms with E-state index < -0.39 is 0 Å². The average Bonchev–Trinajstić information content (AvgIpc) is 2.93. The molecule has 0 saturated heterocycles. The first kappa shape index (κ1) is 13.9. The molecule has 0 bridgehead atoms. The van der Waals surface area contributed by atoms with Gasteiger partial charge in [0.25, 0.3) is 0 Å². The monoisotopic (exact) mass is 295 g/mol. The van der Waals surface area contributed by atoms with Crippen molar-refractivity contribution in [2.75, 3.05) is 0 Å². The molecule has 0 amide bonds. The predicted molar refractivity (Wildman–Crippen MR) is 90.6 cm³/mol. The smallest absolute Gasteiger partial charge is 0.199 e. The second-order valence-electron chi connectivity index (χ2n) is 6.73. The van der Waals surface area contributed by atoms with Crippen LogP contribution in [0, 0.1) is 0 Å². The molecular weight excluding hydrogens is 270 g/mol. The standard InChI is InChI=1S/C19H25N3/c1-3-15-13(2)18(14-9-5-4-6-10-14)22-17-12-8-7-11-16(17)21-19(22)20-15/h4-6,9-10,16-18H,3,7-8,11-12H2,1-2H3,(H,20,21)/t16-,17-,18-/m0/s1. The minimum absolute atomic E-state index is 0.351. The molecule has 1 saturated carbocycles. The third-order valence-electron chi connectivity index (χ3n) is 5.48. The van der Waals surface area contributed by atoms with Gasteiger partial charge >= 0.3 is 0 Å². The van der Waals surface area contributed by atoms with Gasteiger partial charge in [0, 0.05) is 5.70 Å². The molecule has 3 aliphatic rings. The highest BCUT2D eigenvalue weighted by atomic mass is 15.4. The lowest BCUT2D eigenvalue weighted by Gasteiger charge is -2.43. The number of allylic oxidation sites excluding steroid dienone is 1. The lowest BCUT2D eigenvalue weighted by atomic mass is 9.87. The van der Waals surface area contributed by atoms with Crippen molar-refractivity contribution in [3.8, 4) is 0 Å². The van der Waals surface area contributed by atoms with Crippen molar-refractivity contribution in [2.45, 2.75) is 64.1 Å². The van der Waals surface area contributed by atoms with Crippen LogP contribution in [-0.4, -0.2) is 22.9 Å². The highest BCUT2D eigenvalue weighted by Crippen LogP contribution is 2.42. The normalized spacial score (nSPS) is 30.5. The lowest BCUT2D eigenvalue weighted by Crippen LogP contribution is -2.51. The SMILES string of the molecule is CCC1=C(C)[C@@H](c2ccccc2)N2C(=N[C@H]3CCCC[C@@H]32)N1. The molecule has 1 aromatic carbocycles. The summed E-state index contributed by atoms with van der Waals surface area (Å²) in [6.07, 6.45) is 6.23. The van der Waals surface area contributed by atoms with Gasteiger partial charge in [-0.05, 0) is 37.3 Å². The van der Waals surface area contributed by atoms with Crippen LogP contribution in [0.1, 0.15) is 57.6 Å². The van der Waals surface area contributed by atoms with E-state index >= 15 is 0 Å². The minimum Gasteiger partial charge on any atom is -0.330 e. The van der Waals surface area contributed by atoms with Crippen LogP contribution in [0.25, 0.3) is 0 Å². The molecule has 1 aromatic rings. The molecule has 116 valence electrons. The zero-order valence-corrected chi connectivity index (χ0v) is 13.5. The first-order chi connectivity index (χ1) is 10.8. The van der Waals surface area contributed by atoms with Crippen LogP contribution in [0.4, 0.5) is 0 Å². The lowest BCUT2D eigenvalue weighted by molar-refractivity contribution is 0.203. The molecule has 3 heteroatoms. The Bertz CT molecular complexity index is 617. The van der Waals surface area contributed by atoms with E-state index in [4.69, 9.17) is 4.99 Å². The maximum absolute atomic E-state index is 5.04. The van der Waals surface area contributed by atoms with Gasteiger partial charge < -0.3 is 10.2 Å². The molecule has 22 heavy (non-hydrogen) atoms. The van der Waals surface area contributed by atoms with Gasteiger partial charge in [-0.25, -0.2) is 4.99 Å². The van der Waals surface area contributed by atoms with E-state index in [-0.39, 0.29) is 0 Å². The molecule has 1 fully saturated rings. The van der Waals surface area contributed by atoms with Gasteiger partial charge in [-0.15, -0.1) is 0 Å². The van der Waals surface area contributed by atoms with Crippen LogP contribution >= 0.6 is 0 Å². The molecule has 0 spiro atoms.